The van der Waals surface area contributed by atoms with Crippen LogP contribution in [-0.4, -0.2) is 29.6 Å². The molecule has 1 fully saturated rings. The highest BCUT2D eigenvalue weighted by Gasteiger charge is 2.33. The average molecular weight is 327 g/mol. The van der Waals surface area contributed by atoms with Gasteiger partial charge in [-0.1, -0.05) is 18.2 Å². The van der Waals surface area contributed by atoms with Gasteiger partial charge in [-0.15, -0.1) is 0 Å². The number of hydrogen-bond acceptors (Lipinski definition) is 2. The molecule has 2 aromatic rings. The fourth-order valence-corrected chi connectivity index (χ4v) is 3.38. The molecule has 0 saturated carbocycles. The van der Waals surface area contributed by atoms with Crippen LogP contribution in [0.2, 0.25) is 0 Å². The van der Waals surface area contributed by atoms with Crippen molar-refractivity contribution in [3.63, 3.8) is 0 Å². The third kappa shape index (κ3) is 3.83. The van der Waals surface area contributed by atoms with Crippen LogP contribution in [0.3, 0.4) is 0 Å². The molecule has 3 N–H and O–H groups in total. The molecule has 1 aromatic heterocycles. The summed E-state index contributed by atoms with van der Waals surface area (Å²) in [6.45, 7) is 1.25. The third-order valence-corrected chi connectivity index (χ3v) is 4.50. The van der Waals surface area contributed by atoms with Gasteiger partial charge in [0.25, 0.3) is 5.91 Å². The molecule has 1 aliphatic heterocycles. The summed E-state index contributed by atoms with van der Waals surface area (Å²) in [4.78, 5) is 25.3. The standard InChI is InChI=1S/C18H22N4O2/c1-21-11-5-9-15(21)16-10-6-12-22(16)13-17(23)20-18(24)19-14-7-3-2-4-8-14/h2-5,7-9,11,16H,6,10,12-13H2,1H3,(H2,19,20,23,24)/p+1/t16-/m1/s1. The van der Waals surface area contributed by atoms with Crippen molar-refractivity contribution in [3.8, 4) is 0 Å². The lowest BCUT2D eigenvalue weighted by Crippen LogP contribution is -3.11. The van der Waals surface area contributed by atoms with Crippen molar-refractivity contribution in [1.82, 2.24) is 9.88 Å². The summed E-state index contributed by atoms with van der Waals surface area (Å²) in [6, 6.07) is 13.0. The van der Waals surface area contributed by atoms with E-state index in [0.29, 0.717) is 18.3 Å². The number of imide groups is 1. The zero-order chi connectivity index (χ0) is 16.9. The van der Waals surface area contributed by atoms with Crippen LogP contribution in [0.1, 0.15) is 24.6 Å². The first-order chi connectivity index (χ1) is 11.6. The molecule has 0 spiro atoms. The van der Waals surface area contributed by atoms with Gasteiger partial charge in [0.15, 0.2) is 6.54 Å². The van der Waals surface area contributed by atoms with Crippen molar-refractivity contribution in [3.05, 3.63) is 54.4 Å². The maximum Gasteiger partial charge on any atom is 0.326 e. The molecule has 1 aliphatic rings. The number of anilines is 1. The van der Waals surface area contributed by atoms with Crippen LogP contribution in [0.15, 0.2) is 48.7 Å². The van der Waals surface area contributed by atoms with E-state index in [9.17, 15) is 9.59 Å². The van der Waals surface area contributed by atoms with Gasteiger partial charge in [0.1, 0.15) is 6.04 Å². The van der Waals surface area contributed by atoms with Gasteiger partial charge in [-0.2, -0.15) is 0 Å². The van der Waals surface area contributed by atoms with E-state index in [1.54, 1.807) is 12.1 Å². The van der Waals surface area contributed by atoms with E-state index < -0.39 is 6.03 Å². The van der Waals surface area contributed by atoms with Crippen LogP contribution < -0.4 is 15.5 Å². The predicted molar refractivity (Wildman–Crippen MR) is 91.7 cm³/mol. The highest BCUT2D eigenvalue weighted by Crippen LogP contribution is 2.18. The molecule has 1 saturated heterocycles. The number of carbonyl (C=O) groups is 2. The number of para-hydroxylation sites is 1. The first-order valence-corrected chi connectivity index (χ1v) is 8.25. The smallest absolute Gasteiger partial charge is 0.326 e. The molecule has 2 heterocycles. The number of aryl methyl sites for hydroxylation is 1. The Hall–Kier alpha value is -2.60. The number of carbonyl (C=O) groups excluding carboxylic acids is 2. The number of quaternary nitrogens is 1. The van der Waals surface area contributed by atoms with Crippen LogP contribution in [0.4, 0.5) is 10.5 Å². The Balaban J connectivity index is 1.54. The number of hydrogen-bond donors (Lipinski definition) is 3. The molecule has 24 heavy (non-hydrogen) atoms. The molecule has 2 atom stereocenters. The molecule has 0 radical (unpaired) electrons. The van der Waals surface area contributed by atoms with Gasteiger partial charge >= 0.3 is 6.03 Å². The van der Waals surface area contributed by atoms with E-state index in [2.05, 4.69) is 21.3 Å². The number of nitrogens with zero attached hydrogens (tertiary/aromatic N) is 1. The molecular formula is C18H23N4O2+. The van der Waals surface area contributed by atoms with Crippen LogP contribution >= 0.6 is 0 Å². The predicted octanol–water partition coefficient (Wildman–Crippen LogP) is 1.09. The highest BCUT2D eigenvalue weighted by atomic mass is 16.2. The molecule has 3 rings (SSSR count). The first kappa shape index (κ1) is 16.3. The van der Waals surface area contributed by atoms with Gasteiger partial charge in [0, 0.05) is 31.8 Å². The molecule has 6 heteroatoms. The quantitative estimate of drug-likeness (QED) is 0.787. The van der Waals surface area contributed by atoms with Crippen molar-refractivity contribution in [2.24, 2.45) is 7.05 Å². The van der Waals surface area contributed by atoms with E-state index in [4.69, 9.17) is 0 Å². The number of rotatable bonds is 4. The molecule has 0 aliphatic carbocycles. The minimum Gasteiger partial charge on any atom is -0.350 e. The summed E-state index contributed by atoms with van der Waals surface area (Å²) in [5.41, 5.74) is 1.90. The first-order valence-electron chi connectivity index (χ1n) is 8.25. The van der Waals surface area contributed by atoms with Gasteiger partial charge in [0.05, 0.1) is 12.2 Å². The maximum atomic E-state index is 12.2. The van der Waals surface area contributed by atoms with E-state index in [1.807, 2.05) is 37.5 Å². The second-order valence-corrected chi connectivity index (χ2v) is 6.19. The molecular weight excluding hydrogens is 304 g/mol. The lowest BCUT2D eigenvalue weighted by Gasteiger charge is -2.21. The largest absolute Gasteiger partial charge is 0.350 e. The zero-order valence-electron chi connectivity index (χ0n) is 13.8. The van der Waals surface area contributed by atoms with Crippen molar-refractivity contribution < 1.29 is 14.5 Å². The van der Waals surface area contributed by atoms with Gasteiger partial charge in [-0.3, -0.25) is 10.1 Å². The molecule has 126 valence electrons. The normalized spacial score (nSPS) is 19.9. The monoisotopic (exact) mass is 327 g/mol. The number of aromatic nitrogens is 1. The summed E-state index contributed by atoms with van der Waals surface area (Å²) in [6.07, 6.45) is 4.18. The Morgan fingerprint density at radius 1 is 1.21 bits per heavy atom. The second-order valence-electron chi connectivity index (χ2n) is 6.19. The van der Waals surface area contributed by atoms with Gasteiger partial charge in [-0.05, 0) is 24.3 Å². The number of amides is 3. The van der Waals surface area contributed by atoms with Crippen molar-refractivity contribution in [2.75, 3.05) is 18.4 Å². The molecule has 0 bridgehead atoms. The van der Waals surface area contributed by atoms with E-state index in [1.165, 1.54) is 10.6 Å². The Morgan fingerprint density at radius 2 is 2.00 bits per heavy atom. The SMILES string of the molecule is Cn1cccc1[C@H]1CCC[NH+]1CC(=O)NC(=O)Nc1ccccc1. The van der Waals surface area contributed by atoms with Crippen LogP contribution in [0.5, 0.6) is 0 Å². The number of benzene rings is 1. The summed E-state index contributed by atoms with van der Waals surface area (Å²) in [5.74, 6) is -0.250. The lowest BCUT2D eigenvalue weighted by molar-refractivity contribution is -0.911. The van der Waals surface area contributed by atoms with Crippen molar-refractivity contribution >= 4 is 17.6 Å². The average Bonchev–Trinajstić information content (AvgIpc) is 3.16. The Labute approximate surface area is 141 Å². The fraction of sp³-hybridized carbons (Fsp3) is 0.333. The minimum atomic E-state index is -0.486. The number of urea groups is 1. The van der Waals surface area contributed by atoms with Crippen LogP contribution in [0.25, 0.3) is 0 Å². The Kier molecular flexibility index (Phi) is 4.96. The molecule has 1 unspecified atom stereocenters. The van der Waals surface area contributed by atoms with Crippen molar-refractivity contribution in [1.29, 1.82) is 0 Å². The van der Waals surface area contributed by atoms with Gasteiger partial charge in [-0.25, -0.2) is 4.79 Å². The van der Waals surface area contributed by atoms with Crippen LogP contribution in [-0.2, 0) is 11.8 Å². The highest BCUT2D eigenvalue weighted by molar-refractivity contribution is 6.01. The van der Waals surface area contributed by atoms with Crippen molar-refractivity contribution in [2.45, 2.75) is 18.9 Å². The summed E-state index contributed by atoms with van der Waals surface area (Å²) in [7, 11) is 2.03. The van der Waals surface area contributed by atoms with E-state index in [0.717, 1.165) is 19.4 Å². The molecule has 1 aromatic carbocycles. The topological polar surface area (TPSA) is 67.6 Å². The van der Waals surface area contributed by atoms with E-state index in [-0.39, 0.29) is 5.91 Å². The van der Waals surface area contributed by atoms with Gasteiger partial charge in [0.2, 0.25) is 0 Å². The fourth-order valence-electron chi connectivity index (χ4n) is 3.38. The third-order valence-electron chi connectivity index (χ3n) is 4.50. The summed E-state index contributed by atoms with van der Waals surface area (Å²) < 4.78 is 2.11. The minimum absolute atomic E-state index is 0.250. The maximum absolute atomic E-state index is 12.2. The lowest BCUT2D eigenvalue weighted by atomic mass is 10.1. The number of likely N-dealkylation sites (tertiary alicyclic amines) is 1. The van der Waals surface area contributed by atoms with E-state index >= 15 is 0 Å². The Bertz CT molecular complexity index is 711. The molecule has 3 amide bonds. The number of nitrogens with one attached hydrogen (secondary N) is 3. The van der Waals surface area contributed by atoms with Gasteiger partial charge < -0.3 is 14.8 Å². The van der Waals surface area contributed by atoms with Crippen LogP contribution in [0, 0.1) is 0 Å². The zero-order valence-corrected chi connectivity index (χ0v) is 13.8. The summed E-state index contributed by atoms with van der Waals surface area (Å²) >= 11 is 0. The summed E-state index contributed by atoms with van der Waals surface area (Å²) in [5, 5.41) is 5.08. The Morgan fingerprint density at radius 3 is 2.71 bits per heavy atom. The second kappa shape index (κ2) is 7.31. The molecule has 6 nitrogen and oxygen atoms in total.